The number of esters is 1. The molecule has 0 aromatic heterocycles. The number of hydrogen-bond acceptors (Lipinski definition) is 7. The molecule has 10 heteroatoms. The van der Waals surface area contributed by atoms with Crippen LogP contribution in [0, 0.1) is 0 Å². The van der Waals surface area contributed by atoms with Gasteiger partial charge in [-0.3, -0.25) is 4.79 Å². The Labute approximate surface area is 179 Å². The minimum Gasteiger partial charge on any atom is -0.495 e. The van der Waals surface area contributed by atoms with Gasteiger partial charge in [-0.1, -0.05) is 18.2 Å². The van der Waals surface area contributed by atoms with Gasteiger partial charge in [0.15, 0.2) is 6.10 Å². The first-order valence-corrected chi connectivity index (χ1v) is 11.2. The van der Waals surface area contributed by atoms with Crippen LogP contribution in [0.2, 0.25) is 0 Å². The summed E-state index contributed by atoms with van der Waals surface area (Å²) in [7, 11) is -2.34. The second-order valence-corrected chi connectivity index (χ2v) is 9.06. The fraction of sp³-hybridized carbons (Fsp3) is 0.333. The summed E-state index contributed by atoms with van der Waals surface area (Å²) in [5.41, 5.74) is 1.33. The Bertz CT molecular complexity index is 1110. The van der Waals surface area contributed by atoms with Crippen molar-refractivity contribution in [1.82, 2.24) is 4.31 Å². The van der Waals surface area contributed by atoms with Crippen molar-refractivity contribution < 1.29 is 32.2 Å². The van der Waals surface area contributed by atoms with Gasteiger partial charge in [0.1, 0.15) is 5.75 Å². The number of methoxy groups -OCH3 is 1. The zero-order valence-corrected chi connectivity index (χ0v) is 17.7. The number of rotatable bonds is 5. The van der Waals surface area contributed by atoms with Crippen molar-refractivity contribution >= 4 is 27.6 Å². The molecule has 0 unspecified atom stereocenters. The van der Waals surface area contributed by atoms with Gasteiger partial charge in [-0.25, -0.2) is 13.2 Å². The van der Waals surface area contributed by atoms with Crippen LogP contribution in [0.15, 0.2) is 47.4 Å². The molecule has 0 aliphatic carbocycles. The largest absolute Gasteiger partial charge is 0.495 e. The summed E-state index contributed by atoms with van der Waals surface area (Å²) in [4.78, 5) is 25.1. The highest BCUT2D eigenvalue weighted by atomic mass is 32.2. The lowest BCUT2D eigenvalue weighted by Crippen LogP contribution is -2.40. The number of nitrogens with one attached hydrogen (secondary N) is 1. The fourth-order valence-electron chi connectivity index (χ4n) is 3.57. The van der Waals surface area contributed by atoms with Crippen LogP contribution in [0.4, 0.5) is 5.69 Å². The average molecular weight is 446 g/mol. The number of hydrogen-bond donors (Lipinski definition) is 1. The summed E-state index contributed by atoms with van der Waals surface area (Å²) in [5.74, 6) is -0.850. The van der Waals surface area contributed by atoms with Crippen molar-refractivity contribution in [2.24, 2.45) is 0 Å². The maximum atomic E-state index is 13.0. The molecule has 2 aromatic carbocycles. The standard InChI is InChI=1S/C21H22N2O7S/c1-28-18-7-6-15(31(26,27)23-8-10-29-11-9-23)13-17(18)22-20(24)19-12-14-4-2-3-5-16(14)21(25)30-19/h2-7,13,19H,8-12H2,1H3,(H,22,24)/t19-/m0/s1. The number of cyclic esters (lactones) is 1. The molecule has 31 heavy (non-hydrogen) atoms. The van der Waals surface area contributed by atoms with E-state index in [2.05, 4.69) is 5.32 Å². The first-order valence-electron chi connectivity index (χ1n) is 9.76. The third-order valence-electron chi connectivity index (χ3n) is 5.22. The lowest BCUT2D eigenvalue weighted by atomic mass is 9.98. The smallest absolute Gasteiger partial charge is 0.339 e. The van der Waals surface area contributed by atoms with Gasteiger partial charge in [0.25, 0.3) is 5.91 Å². The molecular weight excluding hydrogens is 424 g/mol. The number of anilines is 1. The molecule has 1 N–H and O–H groups in total. The molecule has 4 rings (SSSR count). The Balaban J connectivity index is 1.57. The van der Waals surface area contributed by atoms with E-state index in [1.807, 2.05) is 0 Å². The van der Waals surface area contributed by atoms with E-state index < -0.39 is 28.0 Å². The molecule has 164 valence electrons. The van der Waals surface area contributed by atoms with Crippen molar-refractivity contribution in [2.75, 3.05) is 38.7 Å². The maximum absolute atomic E-state index is 13.0. The van der Waals surface area contributed by atoms with E-state index >= 15 is 0 Å². The van der Waals surface area contributed by atoms with Gasteiger partial charge in [0, 0.05) is 19.5 Å². The molecule has 2 aliphatic rings. The third-order valence-corrected chi connectivity index (χ3v) is 7.12. The van der Waals surface area contributed by atoms with Crippen molar-refractivity contribution in [3.05, 3.63) is 53.6 Å². The molecule has 9 nitrogen and oxygen atoms in total. The van der Waals surface area contributed by atoms with Crippen LogP contribution < -0.4 is 10.1 Å². The van der Waals surface area contributed by atoms with E-state index in [4.69, 9.17) is 14.2 Å². The molecule has 1 saturated heterocycles. The quantitative estimate of drug-likeness (QED) is 0.692. The second kappa shape index (κ2) is 8.66. The van der Waals surface area contributed by atoms with E-state index in [0.29, 0.717) is 18.8 Å². The summed E-state index contributed by atoms with van der Waals surface area (Å²) >= 11 is 0. The van der Waals surface area contributed by atoms with E-state index in [1.54, 1.807) is 24.3 Å². The van der Waals surface area contributed by atoms with Gasteiger partial charge >= 0.3 is 5.97 Å². The van der Waals surface area contributed by atoms with E-state index in [9.17, 15) is 18.0 Å². The lowest BCUT2D eigenvalue weighted by molar-refractivity contribution is -0.125. The van der Waals surface area contributed by atoms with Crippen LogP contribution in [0.5, 0.6) is 5.75 Å². The van der Waals surface area contributed by atoms with E-state index in [0.717, 1.165) is 5.56 Å². The molecule has 2 aliphatic heterocycles. The number of amides is 1. The zero-order valence-electron chi connectivity index (χ0n) is 16.9. The maximum Gasteiger partial charge on any atom is 0.339 e. The number of ether oxygens (including phenoxy) is 3. The van der Waals surface area contributed by atoms with Gasteiger partial charge < -0.3 is 19.5 Å². The molecule has 2 heterocycles. The van der Waals surface area contributed by atoms with E-state index in [1.165, 1.54) is 29.6 Å². The summed E-state index contributed by atoms with van der Waals surface area (Å²) in [6.07, 6.45) is -0.812. The van der Waals surface area contributed by atoms with Crippen LogP contribution in [0.3, 0.4) is 0 Å². The van der Waals surface area contributed by atoms with Gasteiger partial charge in [-0.2, -0.15) is 4.31 Å². The van der Waals surface area contributed by atoms with Crippen LogP contribution in [-0.4, -0.2) is 64.1 Å². The van der Waals surface area contributed by atoms with Crippen LogP contribution >= 0.6 is 0 Å². The number of carbonyl (C=O) groups is 2. The molecule has 1 fully saturated rings. The number of sulfonamides is 1. The van der Waals surface area contributed by atoms with Crippen molar-refractivity contribution in [2.45, 2.75) is 17.4 Å². The van der Waals surface area contributed by atoms with Crippen molar-refractivity contribution in [3.8, 4) is 5.75 Å². The second-order valence-electron chi connectivity index (χ2n) is 7.12. The van der Waals surface area contributed by atoms with Crippen molar-refractivity contribution in [1.29, 1.82) is 0 Å². The Morgan fingerprint density at radius 3 is 2.65 bits per heavy atom. The minimum atomic E-state index is -3.76. The van der Waals surface area contributed by atoms with Gasteiger partial charge in [0.05, 0.1) is 36.5 Å². The number of carbonyl (C=O) groups excluding carboxylic acids is 2. The topological polar surface area (TPSA) is 111 Å². The SMILES string of the molecule is COc1ccc(S(=O)(=O)N2CCOCC2)cc1NC(=O)[C@@H]1Cc2ccccc2C(=O)O1. The molecule has 2 aromatic rings. The molecule has 1 amide bonds. The molecule has 0 saturated carbocycles. The first-order chi connectivity index (χ1) is 14.9. The average Bonchev–Trinajstić information content (AvgIpc) is 2.79. The van der Waals surface area contributed by atoms with Gasteiger partial charge in [-0.15, -0.1) is 0 Å². The third kappa shape index (κ3) is 4.27. The van der Waals surface area contributed by atoms with Crippen molar-refractivity contribution in [3.63, 3.8) is 0 Å². The zero-order chi connectivity index (χ0) is 22.0. The van der Waals surface area contributed by atoms with Crippen LogP contribution in [0.25, 0.3) is 0 Å². The number of nitrogens with zero attached hydrogens (tertiary/aromatic N) is 1. The molecule has 0 spiro atoms. The van der Waals surface area contributed by atoms with Gasteiger partial charge in [0.2, 0.25) is 10.0 Å². The number of morpholine rings is 1. The Morgan fingerprint density at radius 2 is 1.90 bits per heavy atom. The molecule has 1 atom stereocenters. The number of benzene rings is 2. The fourth-order valence-corrected chi connectivity index (χ4v) is 5.01. The van der Waals surface area contributed by atoms with Gasteiger partial charge in [-0.05, 0) is 29.8 Å². The normalized spacial score (nSPS) is 19.3. The Morgan fingerprint density at radius 1 is 1.16 bits per heavy atom. The minimum absolute atomic E-state index is 0.0245. The van der Waals surface area contributed by atoms with E-state index in [-0.39, 0.29) is 35.8 Å². The molecule has 0 bridgehead atoms. The number of fused-ring (bicyclic) bond motifs is 1. The summed E-state index contributed by atoms with van der Waals surface area (Å²) < 4.78 is 43.0. The monoisotopic (exact) mass is 446 g/mol. The summed E-state index contributed by atoms with van der Waals surface area (Å²) in [6.45, 7) is 1.17. The summed E-state index contributed by atoms with van der Waals surface area (Å²) in [5, 5.41) is 2.65. The van der Waals surface area contributed by atoms with Crippen LogP contribution in [0.1, 0.15) is 15.9 Å². The highest BCUT2D eigenvalue weighted by Gasteiger charge is 2.32. The lowest BCUT2D eigenvalue weighted by Gasteiger charge is -2.26. The highest BCUT2D eigenvalue weighted by Crippen LogP contribution is 2.30. The predicted molar refractivity (Wildman–Crippen MR) is 111 cm³/mol. The molecular formula is C21H22N2O7S. The predicted octanol–water partition coefficient (Wildman–Crippen LogP) is 1.44. The Hall–Kier alpha value is -2.95. The van der Waals surface area contributed by atoms with Crippen LogP contribution in [-0.2, 0) is 30.7 Å². The summed E-state index contributed by atoms with van der Waals surface area (Å²) in [6, 6.07) is 11.2. The highest BCUT2D eigenvalue weighted by molar-refractivity contribution is 7.89. The Kier molecular flexibility index (Phi) is 5.94. The first kappa shape index (κ1) is 21.3. The molecule has 0 radical (unpaired) electrons.